The third kappa shape index (κ3) is 4.18. The van der Waals surface area contributed by atoms with Gasteiger partial charge >= 0.3 is 5.97 Å². The topological polar surface area (TPSA) is 44.8 Å². The van der Waals surface area contributed by atoms with Crippen molar-refractivity contribution in [1.82, 2.24) is 0 Å². The Hall–Kier alpha value is -1.13. The third-order valence-electron chi connectivity index (χ3n) is 3.68. The van der Waals surface area contributed by atoms with Crippen molar-refractivity contribution in [3.63, 3.8) is 0 Å². The first-order valence-corrected chi connectivity index (χ1v) is 6.86. The second-order valence-corrected chi connectivity index (χ2v) is 5.22. The smallest absolute Gasteiger partial charge is 0.338 e. The lowest BCUT2D eigenvalue weighted by molar-refractivity contribution is -0.169. The Morgan fingerprint density at radius 1 is 1.53 bits per heavy atom. The fourth-order valence-corrected chi connectivity index (χ4v) is 2.35. The van der Waals surface area contributed by atoms with E-state index in [0.717, 1.165) is 19.3 Å². The van der Waals surface area contributed by atoms with E-state index in [1.54, 1.807) is 0 Å². The predicted octanol–water partition coefficient (Wildman–Crippen LogP) is 2.25. The van der Waals surface area contributed by atoms with E-state index in [4.69, 9.17) is 14.2 Å². The molecule has 0 unspecified atom stereocenters. The fourth-order valence-electron chi connectivity index (χ4n) is 2.35. The highest BCUT2D eigenvalue weighted by atomic mass is 16.6. The zero-order valence-corrected chi connectivity index (χ0v) is 11.5. The van der Waals surface area contributed by atoms with Gasteiger partial charge in [-0.1, -0.05) is 18.2 Å². The molecule has 0 aromatic carbocycles. The molecule has 0 amide bonds. The fraction of sp³-hybridized carbons (Fsp3) is 0.667. The van der Waals surface area contributed by atoms with Gasteiger partial charge in [-0.15, -0.1) is 0 Å². The minimum absolute atomic E-state index is 0.301. The molecular weight excluding hydrogens is 244 g/mol. The van der Waals surface area contributed by atoms with E-state index in [9.17, 15) is 4.79 Å². The molecule has 1 aliphatic carbocycles. The highest BCUT2D eigenvalue weighted by Gasteiger charge is 2.24. The van der Waals surface area contributed by atoms with Crippen LogP contribution in [0.4, 0.5) is 0 Å². The minimum atomic E-state index is -0.555. The number of ether oxygens (including phenoxy) is 3. The molecule has 2 atom stereocenters. The first kappa shape index (κ1) is 14.3. The molecule has 0 aromatic heterocycles. The largest absolute Gasteiger partial charge is 0.459 e. The van der Waals surface area contributed by atoms with Gasteiger partial charge in [0.15, 0.2) is 6.10 Å². The lowest BCUT2D eigenvalue weighted by Crippen LogP contribution is -2.37. The Labute approximate surface area is 114 Å². The molecule has 2 aliphatic rings. The maximum Gasteiger partial charge on any atom is 0.338 e. The van der Waals surface area contributed by atoms with E-state index in [1.807, 2.05) is 0 Å². The quantitative estimate of drug-likeness (QED) is 0.578. The highest BCUT2D eigenvalue weighted by Crippen LogP contribution is 2.28. The van der Waals surface area contributed by atoms with Crippen molar-refractivity contribution in [3.8, 4) is 0 Å². The van der Waals surface area contributed by atoms with Crippen molar-refractivity contribution >= 4 is 5.97 Å². The summed E-state index contributed by atoms with van der Waals surface area (Å²) < 4.78 is 15.8. The molecule has 19 heavy (non-hydrogen) atoms. The van der Waals surface area contributed by atoms with Crippen LogP contribution in [0.5, 0.6) is 0 Å². The lowest BCUT2D eigenvalue weighted by Gasteiger charge is -2.24. The van der Waals surface area contributed by atoms with Gasteiger partial charge in [0.1, 0.15) is 6.61 Å². The van der Waals surface area contributed by atoms with Crippen molar-refractivity contribution < 1.29 is 19.0 Å². The summed E-state index contributed by atoms with van der Waals surface area (Å²) in [6.07, 6.45) is 4.70. The van der Waals surface area contributed by atoms with Crippen LogP contribution in [-0.2, 0) is 19.0 Å². The van der Waals surface area contributed by atoms with Crippen LogP contribution in [0.3, 0.4) is 0 Å². The maximum absolute atomic E-state index is 11.7. The van der Waals surface area contributed by atoms with Crippen molar-refractivity contribution in [1.29, 1.82) is 0 Å². The SMILES string of the molecule is C=C(C)[C@@H]1CC=C(COC(=O)[C@H]2COCCO2)CC1. The van der Waals surface area contributed by atoms with Crippen molar-refractivity contribution in [3.05, 3.63) is 23.8 Å². The molecule has 0 aromatic rings. The molecular formula is C15H22O4. The number of hydrogen-bond donors (Lipinski definition) is 0. The average molecular weight is 266 g/mol. The summed E-state index contributed by atoms with van der Waals surface area (Å²) in [5.41, 5.74) is 2.43. The molecule has 1 heterocycles. The molecule has 4 heteroatoms. The van der Waals surface area contributed by atoms with Crippen molar-refractivity contribution in [2.24, 2.45) is 5.92 Å². The van der Waals surface area contributed by atoms with Crippen LogP contribution in [0, 0.1) is 5.92 Å². The van der Waals surface area contributed by atoms with Crippen molar-refractivity contribution in [2.45, 2.75) is 32.3 Å². The Morgan fingerprint density at radius 2 is 2.37 bits per heavy atom. The standard InChI is InChI=1S/C15H22O4/c1-11(2)13-5-3-12(4-6-13)9-19-15(16)14-10-17-7-8-18-14/h3,13-14H,1,4-10H2,2H3/t13-,14-/m1/s1. The Balaban J connectivity index is 1.73. The summed E-state index contributed by atoms with van der Waals surface area (Å²) in [5, 5.41) is 0. The third-order valence-corrected chi connectivity index (χ3v) is 3.68. The Morgan fingerprint density at radius 3 is 2.95 bits per heavy atom. The van der Waals surface area contributed by atoms with Crippen LogP contribution in [0.25, 0.3) is 0 Å². The predicted molar refractivity (Wildman–Crippen MR) is 71.8 cm³/mol. The van der Waals surface area contributed by atoms with E-state index in [0.29, 0.717) is 32.3 Å². The highest BCUT2D eigenvalue weighted by molar-refractivity contribution is 5.75. The molecule has 0 radical (unpaired) electrons. The molecule has 0 bridgehead atoms. The summed E-state index contributed by atoms with van der Waals surface area (Å²) >= 11 is 0. The zero-order valence-electron chi connectivity index (χ0n) is 11.5. The molecule has 1 saturated heterocycles. The summed E-state index contributed by atoms with van der Waals surface area (Å²) in [7, 11) is 0. The average Bonchev–Trinajstić information content (AvgIpc) is 2.46. The van der Waals surface area contributed by atoms with Gasteiger partial charge in [0.05, 0.1) is 19.8 Å². The van der Waals surface area contributed by atoms with Gasteiger partial charge in [0.25, 0.3) is 0 Å². The summed E-state index contributed by atoms with van der Waals surface area (Å²) in [6.45, 7) is 7.76. The van der Waals surface area contributed by atoms with Gasteiger partial charge in [-0.05, 0) is 37.7 Å². The van der Waals surface area contributed by atoms with Crippen LogP contribution in [0.2, 0.25) is 0 Å². The summed E-state index contributed by atoms with van der Waals surface area (Å²) in [6, 6.07) is 0. The van der Waals surface area contributed by atoms with Crippen LogP contribution in [0.1, 0.15) is 26.2 Å². The zero-order chi connectivity index (χ0) is 13.7. The van der Waals surface area contributed by atoms with Gasteiger partial charge in [0, 0.05) is 0 Å². The number of carbonyl (C=O) groups is 1. The van der Waals surface area contributed by atoms with E-state index >= 15 is 0 Å². The minimum Gasteiger partial charge on any atom is -0.459 e. The maximum atomic E-state index is 11.7. The van der Waals surface area contributed by atoms with Gasteiger partial charge in [0.2, 0.25) is 0 Å². The van der Waals surface area contributed by atoms with Crippen LogP contribution < -0.4 is 0 Å². The lowest BCUT2D eigenvalue weighted by atomic mass is 9.86. The number of hydrogen-bond acceptors (Lipinski definition) is 4. The van der Waals surface area contributed by atoms with Gasteiger partial charge in [-0.25, -0.2) is 4.79 Å². The van der Waals surface area contributed by atoms with E-state index in [-0.39, 0.29) is 5.97 Å². The Bertz CT molecular complexity index is 366. The molecule has 0 saturated carbocycles. The van der Waals surface area contributed by atoms with Crippen molar-refractivity contribution in [2.75, 3.05) is 26.4 Å². The second-order valence-electron chi connectivity index (χ2n) is 5.22. The summed E-state index contributed by atoms with van der Waals surface area (Å²) in [4.78, 5) is 11.7. The summed E-state index contributed by atoms with van der Waals surface area (Å²) in [5.74, 6) is 0.261. The van der Waals surface area contributed by atoms with E-state index in [2.05, 4.69) is 19.6 Å². The molecule has 1 aliphatic heterocycles. The molecule has 1 fully saturated rings. The monoisotopic (exact) mass is 266 g/mol. The molecule has 2 rings (SSSR count). The first-order chi connectivity index (χ1) is 9.16. The molecule has 0 N–H and O–H groups in total. The number of rotatable bonds is 4. The van der Waals surface area contributed by atoms with Gasteiger partial charge in [-0.2, -0.15) is 0 Å². The molecule has 106 valence electrons. The Kier molecular flexibility index (Phi) is 5.16. The van der Waals surface area contributed by atoms with Crippen LogP contribution in [0.15, 0.2) is 23.8 Å². The molecule has 4 nitrogen and oxygen atoms in total. The van der Waals surface area contributed by atoms with E-state index in [1.165, 1.54) is 11.1 Å². The van der Waals surface area contributed by atoms with Crippen LogP contribution in [-0.4, -0.2) is 38.5 Å². The number of allylic oxidation sites excluding steroid dienone is 2. The normalized spacial score (nSPS) is 27.5. The second kappa shape index (κ2) is 6.87. The van der Waals surface area contributed by atoms with Crippen LogP contribution >= 0.6 is 0 Å². The first-order valence-electron chi connectivity index (χ1n) is 6.86. The molecule has 0 spiro atoms. The number of carbonyl (C=O) groups excluding carboxylic acids is 1. The van der Waals surface area contributed by atoms with Gasteiger partial charge < -0.3 is 14.2 Å². The van der Waals surface area contributed by atoms with Gasteiger partial charge in [-0.3, -0.25) is 0 Å². The van der Waals surface area contributed by atoms with E-state index < -0.39 is 6.10 Å². The number of esters is 1.